The molecule has 2 aromatic heterocycles. The van der Waals surface area contributed by atoms with Gasteiger partial charge in [-0.3, -0.25) is 9.69 Å². The van der Waals surface area contributed by atoms with E-state index < -0.39 is 0 Å². The zero-order chi connectivity index (χ0) is 22.1. The van der Waals surface area contributed by atoms with Gasteiger partial charge >= 0.3 is 0 Å². The molecule has 0 saturated carbocycles. The first kappa shape index (κ1) is 22.0. The van der Waals surface area contributed by atoms with Gasteiger partial charge in [-0.15, -0.1) is 11.3 Å². The van der Waals surface area contributed by atoms with E-state index in [4.69, 9.17) is 11.6 Å². The van der Waals surface area contributed by atoms with Crippen LogP contribution in [0.1, 0.15) is 33.2 Å². The largest absolute Gasteiger partial charge is 0.340 e. The molecule has 0 bridgehead atoms. The van der Waals surface area contributed by atoms with Gasteiger partial charge in [-0.2, -0.15) is 5.10 Å². The molecule has 1 aliphatic heterocycles. The van der Waals surface area contributed by atoms with Gasteiger partial charge in [0.15, 0.2) is 0 Å². The van der Waals surface area contributed by atoms with E-state index in [2.05, 4.69) is 20.4 Å². The van der Waals surface area contributed by atoms with Crippen LogP contribution in [0.5, 0.6) is 0 Å². The highest BCUT2D eigenvalue weighted by Gasteiger charge is 2.24. The topological polar surface area (TPSA) is 54.3 Å². The molecular formula is C23H28ClN5OS. The fourth-order valence-corrected chi connectivity index (χ4v) is 4.80. The van der Waals surface area contributed by atoms with Gasteiger partial charge < -0.3 is 4.90 Å². The number of thiazole rings is 1. The Labute approximate surface area is 192 Å². The molecule has 0 radical (unpaired) electrons. The smallest absolute Gasteiger partial charge is 0.227 e. The quantitative estimate of drug-likeness (QED) is 0.578. The molecule has 1 saturated heterocycles. The summed E-state index contributed by atoms with van der Waals surface area (Å²) in [5.41, 5.74) is 5.95. The van der Waals surface area contributed by atoms with Crippen molar-refractivity contribution in [3.8, 4) is 5.69 Å². The summed E-state index contributed by atoms with van der Waals surface area (Å²) in [5.74, 6) is 0.164. The zero-order valence-electron chi connectivity index (χ0n) is 18.5. The molecule has 0 spiro atoms. The van der Waals surface area contributed by atoms with Gasteiger partial charge in [-0.1, -0.05) is 17.7 Å². The molecule has 0 unspecified atom stereocenters. The van der Waals surface area contributed by atoms with Crippen LogP contribution in [0.4, 0.5) is 0 Å². The molecule has 0 atom stereocenters. The van der Waals surface area contributed by atoms with Crippen molar-refractivity contribution in [3.63, 3.8) is 0 Å². The third kappa shape index (κ3) is 4.84. The van der Waals surface area contributed by atoms with Gasteiger partial charge in [0.05, 0.1) is 28.5 Å². The number of hydrogen-bond acceptors (Lipinski definition) is 5. The summed E-state index contributed by atoms with van der Waals surface area (Å²) >= 11 is 7.99. The van der Waals surface area contributed by atoms with Crippen molar-refractivity contribution in [1.82, 2.24) is 24.6 Å². The summed E-state index contributed by atoms with van der Waals surface area (Å²) in [6, 6.07) is 5.92. The van der Waals surface area contributed by atoms with Gasteiger partial charge in [-0.25, -0.2) is 9.67 Å². The van der Waals surface area contributed by atoms with Gasteiger partial charge in [0.2, 0.25) is 5.91 Å². The van der Waals surface area contributed by atoms with Gasteiger partial charge in [-0.05, 0) is 45.4 Å². The lowest BCUT2D eigenvalue weighted by Crippen LogP contribution is -2.48. The Hall–Kier alpha value is -2.22. The maximum absolute atomic E-state index is 13.0. The zero-order valence-corrected chi connectivity index (χ0v) is 20.1. The predicted octanol–water partition coefficient (Wildman–Crippen LogP) is 4.10. The molecule has 1 amide bonds. The van der Waals surface area contributed by atoms with Crippen molar-refractivity contribution < 1.29 is 4.79 Å². The number of carbonyl (C=O) groups excluding carboxylic acids is 1. The van der Waals surface area contributed by atoms with Crippen LogP contribution in [0.15, 0.2) is 23.6 Å². The summed E-state index contributed by atoms with van der Waals surface area (Å²) in [4.78, 5) is 21.9. The van der Waals surface area contributed by atoms with Gasteiger partial charge in [0.1, 0.15) is 0 Å². The van der Waals surface area contributed by atoms with Crippen LogP contribution in [-0.4, -0.2) is 56.7 Å². The van der Waals surface area contributed by atoms with Crippen molar-refractivity contribution in [2.75, 3.05) is 26.2 Å². The highest BCUT2D eigenvalue weighted by Crippen LogP contribution is 2.23. The molecule has 3 heterocycles. The second kappa shape index (κ2) is 9.10. The first-order valence-electron chi connectivity index (χ1n) is 10.5. The molecule has 8 heteroatoms. The lowest BCUT2D eigenvalue weighted by atomic mass is 10.1. The van der Waals surface area contributed by atoms with Crippen molar-refractivity contribution in [1.29, 1.82) is 0 Å². The third-order valence-electron chi connectivity index (χ3n) is 5.95. The van der Waals surface area contributed by atoms with Gasteiger partial charge in [0, 0.05) is 54.4 Å². The molecule has 164 valence electrons. The van der Waals surface area contributed by atoms with Crippen LogP contribution in [0.2, 0.25) is 5.02 Å². The molecule has 31 heavy (non-hydrogen) atoms. The van der Waals surface area contributed by atoms with Crippen LogP contribution in [0.25, 0.3) is 5.69 Å². The van der Waals surface area contributed by atoms with Crippen LogP contribution < -0.4 is 0 Å². The minimum absolute atomic E-state index is 0.164. The van der Waals surface area contributed by atoms with E-state index in [9.17, 15) is 4.79 Å². The van der Waals surface area contributed by atoms with E-state index in [1.807, 2.05) is 55.5 Å². The summed E-state index contributed by atoms with van der Waals surface area (Å²) in [6.07, 6.45) is 0.378. The minimum Gasteiger partial charge on any atom is -0.340 e. The predicted molar refractivity (Wildman–Crippen MR) is 125 cm³/mol. The molecule has 6 nitrogen and oxygen atoms in total. The number of piperazine rings is 1. The van der Waals surface area contributed by atoms with Gasteiger partial charge in [0.25, 0.3) is 0 Å². The number of aryl methyl sites for hydroxylation is 3. The highest BCUT2D eigenvalue weighted by atomic mass is 35.5. The van der Waals surface area contributed by atoms with E-state index in [0.717, 1.165) is 71.6 Å². The fourth-order valence-electron chi connectivity index (χ4n) is 4.02. The normalized spacial score (nSPS) is 14.9. The first-order chi connectivity index (χ1) is 14.8. The first-order valence-corrected chi connectivity index (χ1v) is 11.8. The summed E-state index contributed by atoms with van der Waals surface area (Å²) in [7, 11) is 0. The molecule has 0 N–H and O–H groups in total. The number of nitrogens with zero attached hydrogens (tertiary/aromatic N) is 5. The number of benzene rings is 1. The van der Waals surface area contributed by atoms with E-state index in [-0.39, 0.29) is 5.91 Å². The number of rotatable bonds is 5. The van der Waals surface area contributed by atoms with Crippen molar-refractivity contribution in [2.45, 2.75) is 40.7 Å². The Balaban J connectivity index is 1.40. The lowest BCUT2D eigenvalue weighted by Gasteiger charge is -2.34. The molecular weight excluding hydrogens is 430 g/mol. The summed E-state index contributed by atoms with van der Waals surface area (Å²) < 4.78 is 1.89. The average molecular weight is 458 g/mol. The molecule has 0 aliphatic carbocycles. The maximum atomic E-state index is 13.0. The van der Waals surface area contributed by atoms with Crippen LogP contribution in [0, 0.1) is 27.7 Å². The molecule has 4 rings (SSSR count). The molecule has 3 aromatic rings. The maximum Gasteiger partial charge on any atom is 0.227 e. The fraction of sp³-hybridized carbons (Fsp3) is 0.435. The number of hydrogen-bond donors (Lipinski definition) is 0. The van der Waals surface area contributed by atoms with Crippen molar-refractivity contribution in [3.05, 3.63) is 61.8 Å². The van der Waals surface area contributed by atoms with E-state index >= 15 is 0 Å². The molecule has 1 fully saturated rings. The monoisotopic (exact) mass is 457 g/mol. The Kier molecular flexibility index (Phi) is 6.46. The van der Waals surface area contributed by atoms with Crippen LogP contribution in [0.3, 0.4) is 0 Å². The van der Waals surface area contributed by atoms with E-state index in [1.165, 1.54) is 0 Å². The summed E-state index contributed by atoms with van der Waals surface area (Å²) in [5, 5.41) is 8.62. The molecule has 1 aromatic carbocycles. The Morgan fingerprint density at radius 2 is 1.87 bits per heavy atom. The number of halogens is 1. The number of amides is 1. The van der Waals surface area contributed by atoms with Crippen LogP contribution in [-0.2, 0) is 17.8 Å². The van der Waals surface area contributed by atoms with E-state index in [1.54, 1.807) is 11.3 Å². The standard InChI is InChI=1S/C23H28ClN5OS/c1-15-5-6-20(11-22(15)24)29-17(3)21(16(2)26-29)12-23(30)28-9-7-27(8-10-28)13-19-14-31-18(4)25-19/h5-6,11,14H,7-10,12-13H2,1-4H3. The minimum atomic E-state index is 0.164. The highest BCUT2D eigenvalue weighted by molar-refractivity contribution is 7.09. The third-order valence-corrected chi connectivity index (χ3v) is 7.18. The number of aromatic nitrogens is 3. The number of carbonyl (C=O) groups is 1. The SMILES string of the molecule is Cc1nc(CN2CCN(C(=O)Cc3c(C)nn(-c4ccc(C)c(Cl)c4)c3C)CC2)cs1. The lowest BCUT2D eigenvalue weighted by molar-refractivity contribution is -0.132. The average Bonchev–Trinajstić information content (AvgIpc) is 3.28. The second-order valence-electron chi connectivity index (χ2n) is 8.19. The molecule has 1 aliphatic rings. The van der Waals surface area contributed by atoms with Crippen molar-refractivity contribution >= 4 is 28.8 Å². The Morgan fingerprint density at radius 1 is 1.13 bits per heavy atom. The summed E-state index contributed by atoms with van der Waals surface area (Å²) in [6.45, 7) is 12.1. The Bertz CT molecular complexity index is 1100. The van der Waals surface area contributed by atoms with Crippen molar-refractivity contribution in [2.24, 2.45) is 0 Å². The Morgan fingerprint density at radius 3 is 2.52 bits per heavy atom. The van der Waals surface area contributed by atoms with Crippen LogP contribution >= 0.6 is 22.9 Å². The second-order valence-corrected chi connectivity index (χ2v) is 9.66. The van der Waals surface area contributed by atoms with E-state index in [0.29, 0.717) is 11.4 Å².